The monoisotopic (exact) mass is 541 g/mol. The number of nitrogens with one attached hydrogen (secondary N) is 1. The molecule has 0 amide bonds. The third-order valence-corrected chi connectivity index (χ3v) is 7.65. The zero-order valence-corrected chi connectivity index (χ0v) is 21.6. The summed E-state index contributed by atoms with van der Waals surface area (Å²) in [5.74, 6) is -1.73. The molecule has 0 radical (unpaired) electrons. The van der Waals surface area contributed by atoms with Crippen LogP contribution in [0.25, 0.3) is 22.3 Å². The molecule has 6 heteroatoms. The number of carbonyl (C=O) groups excluding carboxylic acids is 1. The van der Waals surface area contributed by atoms with Crippen LogP contribution in [-0.2, 0) is 10.2 Å². The summed E-state index contributed by atoms with van der Waals surface area (Å²) in [6, 6.07) is 25.8. The average Bonchev–Trinajstić information content (AvgIpc) is 2.88. The second kappa shape index (κ2) is 8.95. The van der Waals surface area contributed by atoms with Gasteiger partial charge >= 0.3 is 11.9 Å². The van der Waals surface area contributed by atoms with Gasteiger partial charge in [-0.15, -0.1) is 0 Å². The summed E-state index contributed by atoms with van der Waals surface area (Å²) < 4.78 is 5.05. The highest BCUT2D eigenvalue weighted by Gasteiger charge is 2.34. The minimum atomic E-state index is -1.13. The average molecular weight is 542 g/mol. The maximum absolute atomic E-state index is 12.3. The molecule has 4 aromatic rings. The number of rotatable bonds is 4. The molecule has 4 aromatic carbocycles. The number of aromatic carboxylic acids is 1. The number of methoxy groups -OCH3 is 1. The van der Waals surface area contributed by atoms with Gasteiger partial charge in [0.1, 0.15) is 0 Å². The fourth-order valence-electron chi connectivity index (χ4n) is 5.03. The molecule has 0 spiro atoms. The second-order valence-electron chi connectivity index (χ2n) is 9.28. The van der Waals surface area contributed by atoms with Crippen molar-refractivity contribution in [2.75, 3.05) is 12.4 Å². The number of carboxylic acid groups (broad SMARTS) is 1. The van der Waals surface area contributed by atoms with Crippen LogP contribution in [0.15, 0.2) is 83.3 Å². The van der Waals surface area contributed by atoms with Crippen LogP contribution in [0, 0.1) is 0 Å². The molecule has 0 saturated carbocycles. The van der Waals surface area contributed by atoms with E-state index in [1.165, 1.54) is 18.2 Å². The van der Waals surface area contributed by atoms with Gasteiger partial charge < -0.3 is 15.2 Å². The van der Waals surface area contributed by atoms with E-state index in [1.54, 1.807) is 12.1 Å². The number of ether oxygens (including phenoxy) is 1. The van der Waals surface area contributed by atoms with Gasteiger partial charge in [0.25, 0.3) is 0 Å². The fourth-order valence-corrected chi connectivity index (χ4v) is 5.60. The molecule has 1 aliphatic rings. The molecule has 0 fully saturated rings. The van der Waals surface area contributed by atoms with E-state index in [9.17, 15) is 14.7 Å². The van der Waals surface area contributed by atoms with E-state index in [0.717, 1.165) is 28.1 Å². The van der Waals surface area contributed by atoms with Gasteiger partial charge in [-0.2, -0.15) is 0 Å². The SMILES string of the molecule is COC(=O)c1cc(-c2ccc(-c3cccc4c3C(C)(C)c3ccccc3N4)cc2)cc(C(=O)O)c1Br. The molecule has 5 rings (SSSR count). The lowest BCUT2D eigenvalue weighted by molar-refractivity contribution is 0.0599. The lowest BCUT2D eigenvalue weighted by atomic mass is 9.71. The predicted octanol–water partition coefficient (Wildman–Crippen LogP) is 7.65. The van der Waals surface area contributed by atoms with Gasteiger partial charge in [0.05, 0.1) is 18.2 Å². The molecule has 36 heavy (non-hydrogen) atoms. The molecule has 0 saturated heterocycles. The fraction of sp³-hybridized carbons (Fsp3) is 0.133. The van der Waals surface area contributed by atoms with Crippen LogP contribution in [0.3, 0.4) is 0 Å². The number of para-hydroxylation sites is 1. The second-order valence-corrected chi connectivity index (χ2v) is 10.1. The summed E-state index contributed by atoms with van der Waals surface area (Å²) in [6.07, 6.45) is 0. The van der Waals surface area contributed by atoms with Crippen molar-refractivity contribution in [3.05, 3.63) is 106 Å². The van der Waals surface area contributed by atoms with E-state index in [0.29, 0.717) is 5.56 Å². The number of anilines is 2. The van der Waals surface area contributed by atoms with E-state index in [1.807, 2.05) is 30.3 Å². The van der Waals surface area contributed by atoms with Crippen molar-refractivity contribution in [3.8, 4) is 22.3 Å². The van der Waals surface area contributed by atoms with Gasteiger partial charge in [0, 0.05) is 21.3 Å². The minimum Gasteiger partial charge on any atom is -0.478 e. The number of esters is 1. The molecule has 0 bridgehead atoms. The van der Waals surface area contributed by atoms with E-state index < -0.39 is 11.9 Å². The maximum Gasteiger partial charge on any atom is 0.339 e. The first kappa shape index (κ1) is 23.8. The van der Waals surface area contributed by atoms with Gasteiger partial charge in [-0.05, 0) is 73.6 Å². The minimum absolute atomic E-state index is 0.000551. The summed E-state index contributed by atoms with van der Waals surface area (Å²) in [7, 11) is 1.27. The van der Waals surface area contributed by atoms with Crippen LogP contribution < -0.4 is 5.32 Å². The number of hydrogen-bond donors (Lipinski definition) is 2. The molecular formula is C30H24BrNO4. The van der Waals surface area contributed by atoms with Crippen molar-refractivity contribution in [3.63, 3.8) is 0 Å². The number of halogens is 1. The molecule has 5 nitrogen and oxygen atoms in total. The van der Waals surface area contributed by atoms with Crippen molar-refractivity contribution >= 4 is 39.2 Å². The third-order valence-electron chi connectivity index (χ3n) is 6.80. The van der Waals surface area contributed by atoms with Crippen LogP contribution in [0.5, 0.6) is 0 Å². The van der Waals surface area contributed by atoms with Crippen molar-refractivity contribution in [1.29, 1.82) is 0 Å². The van der Waals surface area contributed by atoms with Gasteiger partial charge in [0.15, 0.2) is 0 Å². The highest BCUT2D eigenvalue weighted by molar-refractivity contribution is 9.10. The Kier molecular flexibility index (Phi) is 5.92. The van der Waals surface area contributed by atoms with Crippen molar-refractivity contribution in [2.24, 2.45) is 0 Å². The highest BCUT2D eigenvalue weighted by Crippen LogP contribution is 2.49. The normalized spacial score (nSPS) is 13.2. The topological polar surface area (TPSA) is 75.6 Å². The Hall–Kier alpha value is -3.90. The summed E-state index contributed by atoms with van der Waals surface area (Å²) in [4.78, 5) is 24.1. The zero-order valence-electron chi connectivity index (χ0n) is 20.1. The molecule has 0 aromatic heterocycles. The summed E-state index contributed by atoms with van der Waals surface area (Å²) in [5, 5.41) is 13.2. The Labute approximate surface area is 217 Å². The quantitative estimate of drug-likeness (QED) is 0.259. The van der Waals surface area contributed by atoms with Crippen molar-refractivity contribution in [2.45, 2.75) is 19.3 Å². The van der Waals surface area contributed by atoms with Gasteiger partial charge in [-0.3, -0.25) is 0 Å². The third kappa shape index (κ3) is 3.88. The molecule has 1 heterocycles. The summed E-state index contributed by atoms with van der Waals surface area (Å²) in [6.45, 7) is 4.49. The van der Waals surface area contributed by atoms with E-state index in [2.05, 4.69) is 71.5 Å². The number of carbonyl (C=O) groups is 2. The lowest BCUT2D eigenvalue weighted by Gasteiger charge is -2.37. The van der Waals surface area contributed by atoms with Crippen molar-refractivity contribution < 1.29 is 19.4 Å². The van der Waals surface area contributed by atoms with Gasteiger partial charge in [-0.25, -0.2) is 9.59 Å². The first-order valence-corrected chi connectivity index (χ1v) is 12.3. The predicted molar refractivity (Wildman–Crippen MR) is 145 cm³/mol. The lowest BCUT2D eigenvalue weighted by Crippen LogP contribution is -2.26. The Bertz CT molecular complexity index is 1520. The smallest absolute Gasteiger partial charge is 0.339 e. The van der Waals surface area contributed by atoms with E-state index in [4.69, 9.17) is 4.74 Å². The molecule has 2 N–H and O–H groups in total. The zero-order chi connectivity index (χ0) is 25.6. The van der Waals surface area contributed by atoms with Crippen molar-refractivity contribution in [1.82, 2.24) is 0 Å². The summed E-state index contributed by atoms with van der Waals surface area (Å²) in [5.41, 5.74) is 8.23. The maximum atomic E-state index is 12.3. The molecular weight excluding hydrogens is 518 g/mol. The standard InChI is InChI=1S/C30H24BrNO4/c1-30(2)23-8-4-5-9-24(23)32-25-10-6-7-20(26(25)30)18-13-11-17(12-14-18)19-15-21(28(33)34)27(31)22(16-19)29(35)36-3/h4-16,32H,1-3H3,(H,33,34). The number of fused-ring (bicyclic) bond motifs is 2. The van der Waals surface area contributed by atoms with E-state index in [-0.39, 0.29) is 21.0 Å². The Morgan fingerprint density at radius 1 is 0.833 bits per heavy atom. The molecule has 180 valence electrons. The molecule has 1 aliphatic heterocycles. The van der Waals surface area contributed by atoms with Crippen LogP contribution >= 0.6 is 15.9 Å². The van der Waals surface area contributed by atoms with Crippen LogP contribution in [-0.4, -0.2) is 24.2 Å². The van der Waals surface area contributed by atoms with Crippen LogP contribution in [0.4, 0.5) is 11.4 Å². The molecule has 0 unspecified atom stereocenters. The number of carboxylic acids is 1. The van der Waals surface area contributed by atoms with Crippen LogP contribution in [0.2, 0.25) is 0 Å². The van der Waals surface area contributed by atoms with Crippen LogP contribution in [0.1, 0.15) is 45.7 Å². The molecule has 0 aliphatic carbocycles. The first-order valence-electron chi connectivity index (χ1n) is 11.5. The number of hydrogen-bond acceptors (Lipinski definition) is 4. The highest BCUT2D eigenvalue weighted by atomic mass is 79.9. The Balaban J connectivity index is 1.59. The first-order chi connectivity index (χ1) is 17.2. The van der Waals surface area contributed by atoms with Gasteiger partial charge in [-0.1, -0.05) is 68.4 Å². The largest absolute Gasteiger partial charge is 0.478 e. The Morgan fingerprint density at radius 2 is 1.47 bits per heavy atom. The number of benzene rings is 4. The van der Waals surface area contributed by atoms with Gasteiger partial charge in [0.2, 0.25) is 0 Å². The molecule has 0 atom stereocenters. The Morgan fingerprint density at radius 3 is 2.17 bits per heavy atom. The summed E-state index contributed by atoms with van der Waals surface area (Å²) >= 11 is 3.24. The van der Waals surface area contributed by atoms with E-state index >= 15 is 0 Å².